The molecule has 1 aromatic heterocycles. The Morgan fingerprint density at radius 1 is 0.387 bits per heavy atom. The van der Waals surface area contributed by atoms with E-state index in [1.54, 1.807) is 0 Å². The molecule has 0 aliphatic rings. The topological polar surface area (TPSA) is 25.8 Å². The average Bonchev–Trinajstić information content (AvgIpc) is 2.85. The summed E-state index contributed by atoms with van der Waals surface area (Å²) in [6, 6.07) is 39.3. The van der Waals surface area contributed by atoms with Crippen LogP contribution in [0.25, 0.3) is 44.8 Å². The van der Waals surface area contributed by atoms with Crippen LogP contribution in [0.1, 0.15) is 0 Å². The Bertz CT molecular complexity index is 1310. The molecule has 0 aliphatic heterocycles. The van der Waals surface area contributed by atoms with E-state index in [1.165, 1.54) is 16.7 Å². The molecule has 31 heavy (non-hydrogen) atoms. The van der Waals surface area contributed by atoms with E-state index in [9.17, 15) is 0 Å². The maximum atomic E-state index is 6.31. The Balaban J connectivity index is 1.50. The Hall–Kier alpha value is -3.75. The number of hydrogen-bond donors (Lipinski definition) is 0. The highest BCUT2D eigenvalue weighted by molar-refractivity contribution is 6.28. The first-order valence-corrected chi connectivity index (χ1v) is 10.5. The van der Waals surface area contributed by atoms with Crippen molar-refractivity contribution in [1.82, 2.24) is 9.97 Å². The summed E-state index contributed by atoms with van der Waals surface area (Å²) in [5, 5.41) is 0.241. The summed E-state index contributed by atoms with van der Waals surface area (Å²) in [7, 11) is 0. The molecule has 0 N–H and O–H groups in total. The van der Waals surface area contributed by atoms with E-state index in [0.29, 0.717) is 0 Å². The van der Waals surface area contributed by atoms with E-state index < -0.39 is 0 Å². The molecule has 0 unspecified atom stereocenters. The van der Waals surface area contributed by atoms with Gasteiger partial charge in [0, 0.05) is 11.1 Å². The average molecular weight is 419 g/mol. The minimum atomic E-state index is 0.241. The summed E-state index contributed by atoms with van der Waals surface area (Å²) in [6.45, 7) is 0. The van der Waals surface area contributed by atoms with Gasteiger partial charge in [0.25, 0.3) is 0 Å². The number of benzene rings is 4. The van der Waals surface area contributed by atoms with Gasteiger partial charge >= 0.3 is 0 Å². The summed E-state index contributed by atoms with van der Waals surface area (Å²) in [5.41, 5.74) is 8.29. The van der Waals surface area contributed by atoms with Gasteiger partial charge in [0.15, 0.2) is 0 Å². The number of hydrogen-bond acceptors (Lipinski definition) is 2. The van der Waals surface area contributed by atoms with Crippen molar-refractivity contribution in [3.63, 3.8) is 0 Å². The molecule has 0 fully saturated rings. The summed E-state index contributed by atoms with van der Waals surface area (Å²) < 4.78 is 0. The predicted octanol–water partition coefficient (Wildman–Crippen LogP) is 7.80. The van der Waals surface area contributed by atoms with E-state index in [4.69, 9.17) is 11.6 Å². The number of aromatic nitrogens is 2. The van der Waals surface area contributed by atoms with Crippen LogP contribution in [-0.2, 0) is 0 Å². The highest BCUT2D eigenvalue weighted by atomic mass is 35.5. The van der Waals surface area contributed by atoms with Crippen LogP contribution in [0.3, 0.4) is 0 Å². The molecule has 5 rings (SSSR count). The number of rotatable bonds is 4. The quantitative estimate of drug-likeness (QED) is 0.278. The molecule has 3 heteroatoms. The minimum absolute atomic E-state index is 0.241. The molecule has 148 valence electrons. The molecule has 2 nitrogen and oxygen atoms in total. The lowest BCUT2D eigenvalue weighted by molar-refractivity contribution is 1.18. The smallest absolute Gasteiger partial charge is 0.218 e. The molecular formula is C28H19ClN2. The van der Waals surface area contributed by atoms with Crippen LogP contribution < -0.4 is 0 Å². The molecule has 5 aromatic rings. The second-order valence-corrected chi connectivity index (χ2v) is 7.64. The zero-order valence-corrected chi connectivity index (χ0v) is 17.5. The molecule has 0 saturated carbocycles. The fraction of sp³-hybridized carbons (Fsp3) is 0. The maximum Gasteiger partial charge on any atom is 0.223 e. The standard InChI is InChI=1S/C28H19ClN2/c29-28-30-26(23-16-14-22(15-17-23)20-8-3-1-4-9-20)19-27(31-28)25-13-7-12-24(18-25)21-10-5-2-6-11-21/h1-19H. The summed E-state index contributed by atoms with van der Waals surface area (Å²) >= 11 is 6.31. The van der Waals surface area contributed by atoms with Crippen molar-refractivity contribution in [3.8, 4) is 44.8 Å². The van der Waals surface area contributed by atoms with Crippen LogP contribution >= 0.6 is 11.6 Å². The highest BCUT2D eigenvalue weighted by Crippen LogP contribution is 2.30. The van der Waals surface area contributed by atoms with Crippen LogP contribution in [0, 0.1) is 0 Å². The SMILES string of the molecule is Clc1nc(-c2ccc(-c3ccccc3)cc2)cc(-c2cccc(-c3ccccc3)c2)n1. The lowest BCUT2D eigenvalue weighted by Crippen LogP contribution is -1.92. The Labute approximate surface area is 186 Å². The first-order valence-electron chi connectivity index (χ1n) is 10.1. The Morgan fingerprint density at radius 3 is 1.48 bits per heavy atom. The fourth-order valence-corrected chi connectivity index (χ4v) is 3.85. The monoisotopic (exact) mass is 418 g/mol. The molecule has 0 amide bonds. The third-order valence-corrected chi connectivity index (χ3v) is 5.42. The van der Waals surface area contributed by atoms with Gasteiger partial charge in [-0.2, -0.15) is 0 Å². The van der Waals surface area contributed by atoms with Gasteiger partial charge in [-0.1, -0.05) is 103 Å². The van der Waals surface area contributed by atoms with E-state index in [1.807, 2.05) is 54.6 Å². The molecule has 4 aromatic carbocycles. The summed E-state index contributed by atoms with van der Waals surface area (Å²) in [4.78, 5) is 8.95. The van der Waals surface area contributed by atoms with Gasteiger partial charge in [-0.3, -0.25) is 0 Å². The van der Waals surface area contributed by atoms with Gasteiger partial charge in [0.2, 0.25) is 5.28 Å². The lowest BCUT2D eigenvalue weighted by Gasteiger charge is -2.09. The maximum absolute atomic E-state index is 6.31. The second kappa shape index (κ2) is 8.55. The van der Waals surface area contributed by atoms with E-state index >= 15 is 0 Å². The van der Waals surface area contributed by atoms with Crippen molar-refractivity contribution in [2.45, 2.75) is 0 Å². The van der Waals surface area contributed by atoms with Gasteiger partial charge in [-0.15, -0.1) is 0 Å². The molecular weight excluding hydrogens is 400 g/mol. The van der Waals surface area contributed by atoms with Gasteiger partial charge in [0.05, 0.1) is 11.4 Å². The zero-order chi connectivity index (χ0) is 21.0. The second-order valence-electron chi connectivity index (χ2n) is 7.30. The number of halogens is 1. The molecule has 0 spiro atoms. The molecule has 0 aliphatic carbocycles. The van der Waals surface area contributed by atoms with E-state index in [-0.39, 0.29) is 5.28 Å². The molecule has 0 saturated heterocycles. The van der Waals surface area contributed by atoms with Crippen molar-refractivity contribution in [2.24, 2.45) is 0 Å². The molecule has 0 radical (unpaired) electrons. The Kier molecular flexibility index (Phi) is 5.30. The van der Waals surface area contributed by atoms with Gasteiger partial charge < -0.3 is 0 Å². The summed E-state index contributed by atoms with van der Waals surface area (Å²) in [6.07, 6.45) is 0. The van der Waals surface area contributed by atoms with Crippen molar-refractivity contribution in [1.29, 1.82) is 0 Å². The minimum Gasteiger partial charge on any atom is -0.218 e. The molecule has 1 heterocycles. The van der Waals surface area contributed by atoms with Crippen LogP contribution in [0.4, 0.5) is 0 Å². The van der Waals surface area contributed by atoms with Crippen LogP contribution in [0.5, 0.6) is 0 Å². The third kappa shape index (κ3) is 4.25. The lowest BCUT2D eigenvalue weighted by atomic mass is 10.00. The molecule has 0 bridgehead atoms. The fourth-order valence-electron chi connectivity index (χ4n) is 3.67. The highest BCUT2D eigenvalue weighted by Gasteiger charge is 2.09. The predicted molar refractivity (Wildman–Crippen MR) is 129 cm³/mol. The molecule has 0 atom stereocenters. The van der Waals surface area contributed by atoms with Gasteiger partial charge in [-0.25, -0.2) is 9.97 Å². The third-order valence-electron chi connectivity index (χ3n) is 5.25. The zero-order valence-electron chi connectivity index (χ0n) is 16.7. The van der Waals surface area contributed by atoms with Gasteiger partial charge in [-0.05, 0) is 46.0 Å². The normalized spacial score (nSPS) is 10.7. The van der Waals surface area contributed by atoms with E-state index in [2.05, 4.69) is 70.6 Å². The van der Waals surface area contributed by atoms with Crippen molar-refractivity contribution in [3.05, 3.63) is 121 Å². The van der Waals surface area contributed by atoms with Crippen molar-refractivity contribution < 1.29 is 0 Å². The first kappa shape index (κ1) is 19.2. The van der Waals surface area contributed by atoms with Crippen molar-refractivity contribution >= 4 is 11.6 Å². The summed E-state index contributed by atoms with van der Waals surface area (Å²) in [5.74, 6) is 0. The van der Waals surface area contributed by atoms with Crippen molar-refractivity contribution in [2.75, 3.05) is 0 Å². The van der Waals surface area contributed by atoms with Crippen LogP contribution in [-0.4, -0.2) is 9.97 Å². The van der Waals surface area contributed by atoms with Gasteiger partial charge in [0.1, 0.15) is 0 Å². The number of nitrogens with zero attached hydrogens (tertiary/aromatic N) is 2. The Morgan fingerprint density at radius 2 is 0.839 bits per heavy atom. The van der Waals surface area contributed by atoms with Crippen LogP contribution in [0.2, 0.25) is 5.28 Å². The van der Waals surface area contributed by atoms with E-state index in [0.717, 1.165) is 28.1 Å². The first-order chi connectivity index (χ1) is 15.3. The van der Waals surface area contributed by atoms with Crippen LogP contribution in [0.15, 0.2) is 115 Å². The largest absolute Gasteiger partial charge is 0.223 e.